The number of rotatable bonds is 7. The first-order chi connectivity index (χ1) is 9.13. The maximum Gasteiger partial charge on any atom is 0.257 e. The Labute approximate surface area is 114 Å². The highest BCUT2D eigenvalue weighted by atomic mass is 16.5. The third kappa shape index (κ3) is 5.82. The van der Waals surface area contributed by atoms with Gasteiger partial charge in [0, 0.05) is 6.54 Å². The molecule has 19 heavy (non-hydrogen) atoms. The molecule has 0 atom stereocenters. The molecule has 1 N–H and O–H groups in total. The molecule has 0 spiro atoms. The van der Waals surface area contributed by atoms with E-state index in [1.165, 1.54) is 0 Å². The van der Waals surface area contributed by atoms with E-state index in [1.807, 2.05) is 26.0 Å². The molecule has 0 heterocycles. The lowest BCUT2D eigenvalue weighted by Crippen LogP contribution is -2.31. The lowest BCUT2D eigenvalue weighted by molar-refractivity contribution is -0.123. The molecule has 0 unspecified atom stereocenters. The summed E-state index contributed by atoms with van der Waals surface area (Å²) in [5.41, 5.74) is 0. The molecule has 0 saturated heterocycles. The van der Waals surface area contributed by atoms with Gasteiger partial charge in [0.2, 0.25) is 0 Å². The van der Waals surface area contributed by atoms with Crippen molar-refractivity contribution in [2.45, 2.75) is 13.8 Å². The summed E-state index contributed by atoms with van der Waals surface area (Å²) < 4.78 is 10.7. The minimum absolute atomic E-state index is 0.0385. The average molecular weight is 261 g/mol. The van der Waals surface area contributed by atoms with E-state index in [9.17, 15) is 4.79 Å². The molecule has 4 nitrogen and oxygen atoms in total. The van der Waals surface area contributed by atoms with Gasteiger partial charge in [-0.1, -0.05) is 31.9 Å². The number of hydrogen-bond acceptors (Lipinski definition) is 3. The second kappa shape index (κ2) is 8.04. The highest BCUT2D eigenvalue weighted by Gasteiger charge is 2.07. The van der Waals surface area contributed by atoms with Crippen molar-refractivity contribution in [3.8, 4) is 23.8 Å². The second-order valence-corrected chi connectivity index (χ2v) is 4.43. The molecule has 0 aliphatic carbocycles. The molecule has 0 bridgehead atoms. The highest BCUT2D eigenvalue weighted by Crippen LogP contribution is 2.26. The number of carbonyl (C=O) groups excluding carboxylic acids is 1. The van der Waals surface area contributed by atoms with E-state index in [0.29, 0.717) is 24.0 Å². The quantitative estimate of drug-likeness (QED) is 0.762. The number of para-hydroxylation sites is 2. The van der Waals surface area contributed by atoms with Crippen LogP contribution in [0, 0.1) is 18.3 Å². The van der Waals surface area contributed by atoms with E-state index in [1.54, 1.807) is 12.1 Å². The Morgan fingerprint density at radius 1 is 1.32 bits per heavy atom. The van der Waals surface area contributed by atoms with Gasteiger partial charge in [-0.2, -0.15) is 0 Å². The van der Waals surface area contributed by atoms with E-state index in [0.717, 1.165) is 0 Å². The number of ether oxygens (including phenoxy) is 2. The van der Waals surface area contributed by atoms with Crippen LogP contribution in [-0.2, 0) is 4.79 Å². The van der Waals surface area contributed by atoms with Gasteiger partial charge >= 0.3 is 0 Å². The Morgan fingerprint density at radius 3 is 2.53 bits per heavy atom. The summed E-state index contributed by atoms with van der Waals surface area (Å²) in [6.07, 6.45) is 5.14. The first-order valence-electron chi connectivity index (χ1n) is 6.18. The van der Waals surface area contributed by atoms with Crippen LogP contribution in [0.2, 0.25) is 0 Å². The number of hydrogen-bond donors (Lipinski definition) is 1. The van der Waals surface area contributed by atoms with Gasteiger partial charge in [-0.25, -0.2) is 0 Å². The Bertz CT molecular complexity index is 449. The van der Waals surface area contributed by atoms with Crippen molar-refractivity contribution in [2.24, 2.45) is 5.92 Å². The molecular weight excluding hydrogens is 242 g/mol. The van der Waals surface area contributed by atoms with E-state index in [-0.39, 0.29) is 19.1 Å². The van der Waals surface area contributed by atoms with Crippen LogP contribution >= 0.6 is 0 Å². The monoisotopic (exact) mass is 261 g/mol. The van der Waals surface area contributed by atoms with Crippen molar-refractivity contribution in [3.63, 3.8) is 0 Å². The summed E-state index contributed by atoms with van der Waals surface area (Å²) in [5, 5.41) is 2.78. The van der Waals surface area contributed by atoms with Crippen LogP contribution in [0.15, 0.2) is 24.3 Å². The summed E-state index contributed by atoms with van der Waals surface area (Å²) in [7, 11) is 0. The topological polar surface area (TPSA) is 47.6 Å². The minimum atomic E-state index is -0.152. The van der Waals surface area contributed by atoms with Crippen LogP contribution in [0.25, 0.3) is 0 Å². The summed E-state index contributed by atoms with van der Waals surface area (Å²) in [4.78, 5) is 11.5. The van der Waals surface area contributed by atoms with E-state index in [4.69, 9.17) is 15.9 Å². The number of benzene rings is 1. The molecule has 1 amide bonds. The van der Waals surface area contributed by atoms with Crippen molar-refractivity contribution >= 4 is 5.91 Å². The van der Waals surface area contributed by atoms with Gasteiger partial charge < -0.3 is 14.8 Å². The van der Waals surface area contributed by atoms with Crippen LogP contribution < -0.4 is 14.8 Å². The molecule has 102 valence electrons. The minimum Gasteiger partial charge on any atom is -0.480 e. The van der Waals surface area contributed by atoms with Crippen LogP contribution in [0.1, 0.15) is 13.8 Å². The molecule has 0 fully saturated rings. The number of carbonyl (C=O) groups is 1. The summed E-state index contributed by atoms with van der Waals surface area (Å²) in [6.45, 7) is 4.83. The van der Waals surface area contributed by atoms with Crippen LogP contribution in [0.3, 0.4) is 0 Å². The first kappa shape index (κ1) is 14.9. The summed E-state index contributed by atoms with van der Waals surface area (Å²) in [5.74, 6) is 3.69. The van der Waals surface area contributed by atoms with Gasteiger partial charge in [0.1, 0.15) is 6.61 Å². The fourth-order valence-electron chi connectivity index (χ4n) is 1.32. The number of terminal acetylenes is 1. The molecule has 1 aromatic rings. The van der Waals surface area contributed by atoms with Crippen LogP contribution in [-0.4, -0.2) is 25.7 Å². The van der Waals surface area contributed by atoms with Gasteiger partial charge in [0.15, 0.2) is 18.1 Å². The largest absolute Gasteiger partial charge is 0.480 e. The van der Waals surface area contributed by atoms with Crippen LogP contribution in [0.4, 0.5) is 0 Å². The average Bonchev–Trinajstić information content (AvgIpc) is 2.41. The van der Waals surface area contributed by atoms with Gasteiger partial charge in [0.25, 0.3) is 5.91 Å². The zero-order valence-corrected chi connectivity index (χ0v) is 11.3. The Balaban J connectivity index is 2.48. The normalized spacial score (nSPS) is 9.79. The van der Waals surface area contributed by atoms with E-state index >= 15 is 0 Å². The van der Waals surface area contributed by atoms with Gasteiger partial charge in [0.05, 0.1) is 0 Å². The highest BCUT2D eigenvalue weighted by molar-refractivity contribution is 5.77. The van der Waals surface area contributed by atoms with Crippen molar-refractivity contribution < 1.29 is 14.3 Å². The first-order valence-corrected chi connectivity index (χ1v) is 6.18. The van der Waals surface area contributed by atoms with Crippen molar-refractivity contribution in [1.82, 2.24) is 5.32 Å². The smallest absolute Gasteiger partial charge is 0.257 e. The molecule has 0 aromatic heterocycles. The third-order valence-corrected chi connectivity index (χ3v) is 2.23. The third-order valence-electron chi connectivity index (χ3n) is 2.23. The van der Waals surface area contributed by atoms with Crippen molar-refractivity contribution in [1.29, 1.82) is 0 Å². The van der Waals surface area contributed by atoms with Crippen LogP contribution in [0.5, 0.6) is 11.5 Å². The second-order valence-electron chi connectivity index (χ2n) is 4.43. The van der Waals surface area contributed by atoms with Crippen molar-refractivity contribution in [2.75, 3.05) is 19.8 Å². The van der Waals surface area contributed by atoms with E-state index in [2.05, 4.69) is 11.2 Å². The molecular formula is C15H19NO3. The molecule has 1 aromatic carbocycles. The molecule has 0 saturated carbocycles. The van der Waals surface area contributed by atoms with E-state index < -0.39 is 0 Å². The molecule has 0 aliphatic heterocycles. The van der Waals surface area contributed by atoms with Gasteiger partial charge in [-0.05, 0) is 18.1 Å². The maximum atomic E-state index is 11.5. The Kier molecular flexibility index (Phi) is 6.31. The summed E-state index contributed by atoms with van der Waals surface area (Å²) >= 11 is 0. The molecule has 0 aliphatic rings. The lowest BCUT2D eigenvalue weighted by atomic mass is 10.2. The molecule has 1 rings (SSSR count). The fourth-order valence-corrected chi connectivity index (χ4v) is 1.32. The molecule has 0 radical (unpaired) electrons. The van der Waals surface area contributed by atoms with Crippen molar-refractivity contribution in [3.05, 3.63) is 24.3 Å². The fraction of sp³-hybridized carbons (Fsp3) is 0.400. The Morgan fingerprint density at radius 2 is 1.95 bits per heavy atom. The number of amides is 1. The standard InChI is InChI=1S/C15H19NO3/c1-4-9-18-13-7-5-6-8-14(13)19-11-15(17)16-10-12(2)3/h1,5-8,12H,9-11H2,2-3H3,(H,16,17). The van der Waals surface area contributed by atoms with Gasteiger partial charge in [-0.3, -0.25) is 4.79 Å². The zero-order chi connectivity index (χ0) is 14.1. The number of nitrogens with one attached hydrogen (secondary N) is 1. The molecule has 4 heteroatoms. The Hall–Kier alpha value is -2.15. The maximum absolute atomic E-state index is 11.5. The summed E-state index contributed by atoms with van der Waals surface area (Å²) in [6, 6.07) is 7.11. The zero-order valence-electron chi connectivity index (χ0n) is 11.3. The van der Waals surface area contributed by atoms with Gasteiger partial charge in [-0.15, -0.1) is 6.42 Å². The SMILES string of the molecule is C#CCOc1ccccc1OCC(=O)NCC(C)C. The predicted octanol–water partition coefficient (Wildman–Crippen LogP) is 1.85. The lowest BCUT2D eigenvalue weighted by Gasteiger charge is -2.12. The predicted molar refractivity (Wildman–Crippen MR) is 74.1 cm³/mol.